The Hall–Kier alpha value is -0.750. The second kappa shape index (κ2) is 5.41. The Morgan fingerprint density at radius 2 is 2.00 bits per heavy atom. The predicted octanol–water partition coefficient (Wildman–Crippen LogP) is 1.50. The average molecular weight is 310 g/mol. The summed E-state index contributed by atoms with van der Waals surface area (Å²) in [5.41, 5.74) is -0.160. The van der Waals surface area contributed by atoms with E-state index in [1.165, 1.54) is 0 Å². The fourth-order valence-electron chi connectivity index (χ4n) is 3.89. The predicted molar refractivity (Wildman–Crippen MR) is 80.4 cm³/mol. The van der Waals surface area contributed by atoms with Crippen LogP contribution in [0.1, 0.15) is 52.9 Å². The van der Waals surface area contributed by atoms with Crippen LogP contribution >= 0.6 is 0 Å². The molecule has 2 saturated heterocycles. The van der Waals surface area contributed by atoms with E-state index >= 15 is 0 Å². The van der Waals surface area contributed by atoms with Crippen LogP contribution in [0.4, 0.5) is 0 Å². The molecular formula is C17H26O5. The normalized spacial score (nSPS) is 42.6. The number of rotatable bonds is 5. The average Bonchev–Trinajstić information content (AvgIpc) is 3.18. The van der Waals surface area contributed by atoms with Crippen molar-refractivity contribution in [1.29, 1.82) is 0 Å². The standard InChI is InChI=1S/C17H26O5/c1-4-5-6-7-10-11(9-18)14-17(15(22-17)13(10)20)8-12(19)16(2,3)21-14/h9,12-15,19-20H,4-8H2,1-3H3/t12-,13+,14-,15-,17+/m1/s1. The molecule has 5 nitrogen and oxygen atoms in total. The number of carbonyl (C=O) groups excluding carboxylic acids is 1. The van der Waals surface area contributed by atoms with Crippen molar-refractivity contribution in [2.45, 2.75) is 88.5 Å². The number of aliphatic hydroxyl groups excluding tert-OH is 2. The largest absolute Gasteiger partial charge is 0.390 e. The number of aldehydes is 1. The summed E-state index contributed by atoms with van der Waals surface area (Å²) in [6, 6.07) is 0. The Bertz CT molecular complexity index is 497. The number of ether oxygens (including phenoxy) is 2. The van der Waals surface area contributed by atoms with E-state index in [1.54, 1.807) is 0 Å². The summed E-state index contributed by atoms with van der Waals surface area (Å²) in [5, 5.41) is 20.8. The second-order valence-corrected chi connectivity index (χ2v) is 7.32. The number of hydrogen-bond acceptors (Lipinski definition) is 5. The summed E-state index contributed by atoms with van der Waals surface area (Å²) >= 11 is 0. The molecular weight excluding hydrogens is 284 g/mol. The summed E-state index contributed by atoms with van der Waals surface area (Å²) in [4.78, 5) is 11.7. The van der Waals surface area contributed by atoms with Gasteiger partial charge in [0.2, 0.25) is 0 Å². The Labute approximate surface area is 131 Å². The van der Waals surface area contributed by atoms with Crippen LogP contribution in [-0.4, -0.2) is 52.1 Å². The third kappa shape index (κ3) is 2.26. The van der Waals surface area contributed by atoms with Crippen molar-refractivity contribution in [3.63, 3.8) is 0 Å². The molecule has 0 saturated carbocycles. The first kappa shape index (κ1) is 16.1. The molecule has 5 atom stereocenters. The monoisotopic (exact) mass is 310 g/mol. The molecule has 1 aliphatic carbocycles. The van der Waals surface area contributed by atoms with E-state index in [9.17, 15) is 15.0 Å². The topological polar surface area (TPSA) is 79.3 Å². The highest BCUT2D eigenvalue weighted by Gasteiger charge is 2.72. The lowest BCUT2D eigenvalue weighted by Gasteiger charge is -2.46. The van der Waals surface area contributed by atoms with Gasteiger partial charge in [0.05, 0.1) is 11.7 Å². The molecule has 0 amide bonds. The minimum Gasteiger partial charge on any atom is -0.390 e. The van der Waals surface area contributed by atoms with Gasteiger partial charge in [0, 0.05) is 12.0 Å². The van der Waals surface area contributed by atoms with Crippen molar-refractivity contribution in [1.82, 2.24) is 0 Å². The van der Waals surface area contributed by atoms with Crippen molar-refractivity contribution < 1.29 is 24.5 Å². The van der Waals surface area contributed by atoms with Crippen LogP contribution < -0.4 is 0 Å². The van der Waals surface area contributed by atoms with Gasteiger partial charge in [0.25, 0.3) is 0 Å². The maximum Gasteiger partial charge on any atom is 0.148 e. The van der Waals surface area contributed by atoms with Gasteiger partial charge in [-0.05, 0) is 32.3 Å². The molecule has 124 valence electrons. The third-order valence-corrected chi connectivity index (χ3v) is 5.42. The van der Waals surface area contributed by atoms with E-state index in [4.69, 9.17) is 9.47 Å². The zero-order valence-electron chi connectivity index (χ0n) is 13.5. The lowest BCUT2D eigenvalue weighted by molar-refractivity contribution is -0.189. The van der Waals surface area contributed by atoms with E-state index in [0.29, 0.717) is 18.4 Å². The van der Waals surface area contributed by atoms with Gasteiger partial charge in [-0.25, -0.2) is 0 Å². The highest BCUT2D eigenvalue weighted by atomic mass is 16.7. The van der Waals surface area contributed by atoms with E-state index in [0.717, 1.165) is 31.1 Å². The van der Waals surface area contributed by atoms with Crippen LogP contribution in [0, 0.1) is 0 Å². The fraction of sp³-hybridized carbons (Fsp3) is 0.824. The van der Waals surface area contributed by atoms with Gasteiger partial charge in [-0.1, -0.05) is 19.8 Å². The fourth-order valence-corrected chi connectivity index (χ4v) is 3.89. The number of epoxide rings is 1. The molecule has 5 heteroatoms. The maximum atomic E-state index is 11.7. The van der Waals surface area contributed by atoms with Gasteiger partial charge in [-0.15, -0.1) is 0 Å². The first-order valence-electron chi connectivity index (χ1n) is 8.27. The van der Waals surface area contributed by atoms with Crippen molar-refractivity contribution in [3.05, 3.63) is 11.1 Å². The van der Waals surface area contributed by atoms with Gasteiger partial charge >= 0.3 is 0 Å². The zero-order valence-corrected chi connectivity index (χ0v) is 13.5. The minimum atomic E-state index is -0.759. The smallest absolute Gasteiger partial charge is 0.148 e. The molecule has 0 bridgehead atoms. The van der Waals surface area contributed by atoms with Gasteiger partial charge in [0.1, 0.15) is 30.2 Å². The highest BCUT2D eigenvalue weighted by Crippen LogP contribution is 2.58. The van der Waals surface area contributed by atoms with Crippen molar-refractivity contribution in [3.8, 4) is 0 Å². The Morgan fingerprint density at radius 1 is 1.27 bits per heavy atom. The van der Waals surface area contributed by atoms with Crippen LogP contribution in [0.15, 0.2) is 11.1 Å². The molecule has 3 rings (SSSR count). The first-order chi connectivity index (χ1) is 10.4. The Balaban J connectivity index is 1.92. The molecule has 22 heavy (non-hydrogen) atoms. The molecule has 2 fully saturated rings. The summed E-state index contributed by atoms with van der Waals surface area (Å²) in [6.07, 6.45) is 2.73. The lowest BCUT2D eigenvalue weighted by atomic mass is 9.72. The van der Waals surface area contributed by atoms with Crippen LogP contribution in [0.5, 0.6) is 0 Å². The summed E-state index contributed by atoms with van der Waals surface area (Å²) < 4.78 is 11.8. The Kier molecular flexibility index (Phi) is 3.96. The van der Waals surface area contributed by atoms with Crippen molar-refractivity contribution in [2.24, 2.45) is 0 Å². The number of unbranched alkanes of at least 4 members (excludes halogenated alkanes) is 2. The van der Waals surface area contributed by atoms with Crippen LogP contribution in [0.25, 0.3) is 0 Å². The van der Waals surface area contributed by atoms with E-state index in [-0.39, 0.29) is 6.10 Å². The van der Waals surface area contributed by atoms with Gasteiger partial charge in [-0.3, -0.25) is 4.79 Å². The molecule has 2 heterocycles. The molecule has 1 spiro atoms. The molecule has 2 aliphatic heterocycles. The number of carbonyl (C=O) groups is 1. The molecule has 0 unspecified atom stereocenters. The van der Waals surface area contributed by atoms with Crippen LogP contribution in [0.2, 0.25) is 0 Å². The third-order valence-electron chi connectivity index (χ3n) is 5.42. The Morgan fingerprint density at radius 3 is 2.64 bits per heavy atom. The SMILES string of the molecule is CCCCCC1=C(C=O)[C@H]2OC(C)(C)[C@H](O)C[C@]23O[C@@H]3[C@H]1O. The quantitative estimate of drug-likeness (QED) is 0.457. The van der Waals surface area contributed by atoms with E-state index in [2.05, 4.69) is 6.92 Å². The lowest BCUT2D eigenvalue weighted by Crippen LogP contribution is -2.59. The van der Waals surface area contributed by atoms with Crippen molar-refractivity contribution in [2.75, 3.05) is 0 Å². The maximum absolute atomic E-state index is 11.7. The first-order valence-corrected chi connectivity index (χ1v) is 8.27. The summed E-state index contributed by atoms with van der Waals surface area (Å²) in [7, 11) is 0. The minimum absolute atomic E-state index is 0.358. The molecule has 3 aliphatic rings. The number of hydrogen-bond donors (Lipinski definition) is 2. The molecule has 2 N–H and O–H groups in total. The van der Waals surface area contributed by atoms with Gasteiger partial charge in [0.15, 0.2) is 0 Å². The molecule has 0 aromatic rings. The molecule has 0 aromatic heterocycles. The highest BCUT2D eigenvalue weighted by molar-refractivity contribution is 5.78. The summed E-state index contributed by atoms with van der Waals surface area (Å²) in [6.45, 7) is 5.77. The van der Waals surface area contributed by atoms with E-state index < -0.39 is 29.5 Å². The van der Waals surface area contributed by atoms with Crippen LogP contribution in [-0.2, 0) is 14.3 Å². The van der Waals surface area contributed by atoms with Gasteiger partial charge < -0.3 is 19.7 Å². The van der Waals surface area contributed by atoms with E-state index in [1.807, 2.05) is 13.8 Å². The summed E-state index contributed by atoms with van der Waals surface area (Å²) in [5.74, 6) is 0. The van der Waals surface area contributed by atoms with Gasteiger partial charge in [-0.2, -0.15) is 0 Å². The molecule has 0 aromatic carbocycles. The number of aliphatic hydroxyl groups is 2. The van der Waals surface area contributed by atoms with Crippen molar-refractivity contribution >= 4 is 6.29 Å². The molecule has 0 radical (unpaired) electrons. The second-order valence-electron chi connectivity index (χ2n) is 7.32. The van der Waals surface area contributed by atoms with Crippen LogP contribution in [0.3, 0.4) is 0 Å². The zero-order chi connectivity index (χ0) is 16.1.